The Balaban J connectivity index is 1.74. The fourth-order valence-corrected chi connectivity index (χ4v) is 4.48. The molecule has 2 heterocycles. The van der Waals surface area contributed by atoms with Crippen molar-refractivity contribution < 1.29 is 29.9 Å². The van der Waals surface area contributed by atoms with Gasteiger partial charge in [0.1, 0.15) is 24.4 Å². The van der Waals surface area contributed by atoms with Crippen molar-refractivity contribution in [2.75, 3.05) is 12.4 Å². The lowest BCUT2D eigenvalue weighted by Gasteiger charge is -2.47. The SMILES string of the molecule is CNc1cccc(Cc2cc3c(cc2Cl)CO[C@]32O[C@H]([C@@H](C)O)[C@@H](O)[C@H](O)[C@H]2O)c1. The van der Waals surface area contributed by atoms with Crippen molar-refractivity contribution in [2.45, 2.75) is 56.3 Å². The fourth-order valence-electron chi connectivity index (χ4n) is 4.23. The summed E-state index contributed by atoms with van der Waals surface area (Å²) >= 11 is 6.52. The van der Waals surface area contributed by atoms with Crippen LogP contribution in [0.25, 0.3) is 0 Å². The lowest BCUT2D eigenvalue weighted by Crippen LogP contribution is -2.64. The van der Waals surface area contributed by atoms with Gasteiger partial charge in [-0.25, -0.2) is 0 Å². The van der Waals surface area contributed by atoms with E-state index in [2.05, 4.69) is 5.32 Å². The van der Waals surface area contributed by atoms with E-state index < -0.39 is 36.3 Å². The topological polar surface area (TPSA) is 111 Å². The third-order valence-corrected chi connectivity index (χ3v) is 6.24. The number of rotatable bonds is 4. The monoisotopic (exact) mass is 435 g/mol. The molecule has 1 spiro atoms. The van der Waals surface area contributed by atoms with E-state index in [1.165, 1.54) is 6.92 Å². The van der Waals surface area contributed by atoms with E-state index in [1.54, 1.807) is 6.07 Å². The third-order valence-electron chi connectivity index (χ3n) is 5.89. The predicted molar refractivity (Wildman–Crippen MR) is 111 cm³/mol. The van der Waals surface area contributed by atoms with Crippen molar-refractivity contribution in [1.29, 1.82) is 0 Å². The van der Waals surface area contributed by atoms with Crippen LogP contribution in [0.2, 0.25) is 5.02 Å². The largest absolute Gasteiger partial charge is 0.391 e. The van der Waals surface area contributed by atoms with Crippen LogP contribution in [0, 0.1) is 0 Å². The standard InChI is InChI=1S/C22H26ClNO6/c1-11(25)20-18(26)19(27)21(28)22(30-20)16-8-13(17(23)9-14(16)10-29-22)6-12-4-3-5-15(7-12)24-2/h3-5,7-9,11,18-21,24-28H,6,10H2,1-2H3/t11-,18+,19+,20-,21-,22+/m1/s1. The Kier molecular flexibility index (Phi) is 5.80. The van der Waals surface area contributed by atoms with Crippen LogP contribution in [0.5, 0.6) is 0 Å². The Morgan fingerprint density at radius 3 is 2.67 bits per heavy atom. The summed E-state index contributed by atoms with van der Waals surface area (Å²) in [4.78, 5) is 0. The highest BCUT2D eigenvalue weighted by molar-refractivity contribution is 6.31. The quantitative estimate of drug-likeness (QED) is 0.495. The molecular formula is C22H26ClNO6. The molecule has 162 valence electrons. The second-order valence-corrected chi connectivity index (χ2v) is 8.34. The number of halogens is 1. The molecule has 7 nitrogen and oxygen atoms in total. The van der Waals surface area contributed by atoms with Gasteiger partial charge in [-0.2, -0.15) is 0 Å². The zero-order chi connectivity index (χ0) is 21.6. The molecule has 1 fully saturated rings. The van der Waals surface area contributed by atoms with Gasteiger partial charge in [-0.05, 0) is 54.3 Å². The zero-order valence-corrected chi connectivity index (χ0v) is 17.5. The number of benzene rings is 2. The van der Waals surface area contributed by atoms with Crippen molar-refractivity contribution in [3.8, 4) is 0 Å². The van der Waals surface area contributed by atoms with Crippen LogP contribution >= 0.6 is 11.6 Å². The van der Waals surface area contributed by atoms with E-state index in [0.29, 0.717) is 17.0 Å². The molecule has 1 saturated heterocycles. The maximum absolute atomic E-state index is 10.8. The summed E-state index contributed by atoms with van der Waals surface area (Å²) in [5.41, 5.74) is 4.08. The Hall–Kier alpha value is -1.71. The minimum atomic E-state index is -1.69. The average Bonchev–Trinajstić information content (AvgIpc) is 3.07. The second-order valence-electron chi connectivity index (χ2n) is 7.93. The molecule has 0 aromatic heterocycles. The minimum Gasteiger partial charge on any atom is -0.391 e. The Morgan fingerprint density at radius 1 is 1.20 bits per heavy atom. The van der Waals surface area contributed by atoms with Crippen LogP contribution in [0.15, 0.2) is 36.4 Å². The molecule has 0 unspecified atom stereocenters. The molecule has 0 radical (unpaired) electrons. The molecule has 2 aromatic carbocycles. The van der Waals surface area contributed by atoms with E-state index in [9.17, 15) is 20.4 Å². The van der Waals surface area contributed by atoms with Gasteiger partial charge in [-0.3, -0.25) is 0 Å². The number of hydrogen-bond donors (Lipinski definition) is 5. The highest BCUT2D eigenvalue weighted by Gasteiger charge is 2.59. The van der Waals surface area contributed by atoms with Crippen LogP contribution in [0.1, 0.15) is 29.2 Å². The molecule has 2 aliphatic heterocycles. The lowest BCUT2D eigenvalue weighted by molar-refractivity contribution is -0.374. The van der Waals surface area contributed by atoms with Crippen LogP contribution in [0.4, 0.5) is 5.69 Å². The van der Waals surface area contributed by atoms with E-state index in [1.807, 2.05) is 37.4 Å². The Bertz CT molecular complexity index is 938. The number of aliphatic hydroxyl groups excluding tert-OH is 4. The number of aliphatic hydroxyl groups is 4. The van der Waals surface area contributed by atoms with Gasteiger partial charge in [-0.1, -0.05) is 23.7 Å². The van der Waals surface area contributed by atoms with Crippen molar-refractivity contribution in [2.24, 2.45) is 0 Å². The number of hydrogen-bond acceptors (Lipinski definition) is 7. The predicted octanol–water partition coefficient (Wildman–Crippen LogP) is 1.52. The zero-order valence-electron chi connectivity index (χ0n) is 16.7. The minimum absolute atomic E-state index is 0.122. The van der Waals surface area contributed by atoms with Crippen molar-refractivity contribution in [1.82, 2.24) is 0 Å². The Labute approximate surface area is 179 Å². The summed E-state index contributed by atoms with van der Waals surface area (Å²) in [5.74, 6) is -1.69. The second kappa shape index (κ2) is 8.09. The number of nitrogens with one attached hydrogen (secondary N) is 1. The van der Waals surface area contributed by atoms with Gasteiger partial charge in [0.05, 0.1) is 12.7 Å². The molecule has 30 heavy (non-hydrogen) atoms. The van der Waals surface area contributed by atoms with Gasteiger partial charge in [0.25, 0.3) is 0 Å². The maximum atomic E-state index is 10.8. The molecule has 5 N–H and O–H groups in total. The van der Waals surface area contributed by atoms with Crippen LogP contribution in [-0.2, 0) is 28.3 Å². The molecule has 8 heteroatoms. The summed E-state index contributed by atoms with van der Waals surface area (Å²) in [6.07, 6.45) is -6.20. The molecule has 0 aliphatic carbocycles. The van der Waals surface area contributed by atoms with Gasteiger partial charge in [-0.15, -0.1) is 0 Å². The summed E-state index contributed by atoms with van der Waals surface area (Å²) in [6.45, 7) is 1.57. The van der Waals surface area contributed by atoms with Crippen molar-refractivity contribution >= 4 is 17.3 Å². The number of fused-ring (bicyclic) bond motifs is 2. The van der Waals surface area contributed by atoms with Gasteiger partial charge in [0.15, 0.2) is 0 Å². The van der Waals surface area contributed by atoms with Gasteiger partial charge < -0.3 is 35.2 Å². The highest BCUT2D eigenvalue weighted by Crippen LogP contribution is 2.47. The summed E-state index contributed by atoms with van der Waals surface area (Å²) < 4.78 is 11.8. The first kappa shape index (κ1) is 21.5. The van der Waals surface area contributed by atoms with Gasteiger partial charge in [0.2, 0.25) is 5.79 Å². The maximum Gasteiger partial charge on any atom is 0.225 e. The summed E-state index contributed by atoms with van der Waals surface area (Å²) in [5, 5.41) is 45.1. The molecule has 4 rings (SSSR count). The van der Waals surface area contributed by atoms with E-state index in [0.717, 1.165) is 22.4 Å². The molecule has 0 bridgehead atoms. The average molecular weight is 436 g/mol. The highest BCUT2D eigenvalue weighted by atomic mass is 35.5. The van der Waals surface area contributed by atoms with E-state index >= 15 is 0 Å². The summed E-state index contributed by atoms with van der Waals surface area (Å²) in [6, 6.07) is 11.5. The first-order valence-corrected chi connectivity index (χ1v) is 10.3. The van der Waals surface area contributed by atoms with Gasteiger partial charge in [0, 0.05) is 23.3 Å². The normalized spacial score (nSPS) is 31.6. The fraction of sp³-hybridized carbons (Fsp3) is 0.455. The molecule has 6 atom stereocenters. The molecular weight excluding hydrogens is 410 g/mol. The van der Waals surface area contributed by atoms with Crippen LogP contribution in [-0.4, -0.2) is 58.0 Å². The third kappa shape index (κ3) is 3.50. The Morgan fingerprint density at radius 2 is 1.97 bits per heavy atom. The van der Waals surface area contributed by atoms with Crippen molar-refractivity contribution in [3.63, 3.8) is 0 Å². The molecule has 0 saturated carbocycles. The number of ether oxygens (including phenoxy) is 2. The first-order chi connectivity index (χ1) is 14.3. The molecule has 0 amide bonds. The molecule has 2 aliphatic rings. The van der Waals surface area contributed by atoms with E-state index in [4.69, 9.17) is 21.1 Å². The molecule has 2 aromatic rings. The van der Waals surface area contributed by atoms with Crippen molar-refractivity contribution in [3.05, 3.63) is 63.7 Å². The number of anilines is 1. The summed E-state index contributed by atoms with van der Waals surface area (Å²) in [7, 11) is 1.85. The van der Waals surface area contributed by atoms with Crippen LogP contribution in [0.3, 0.4) is 0 Å². The van der Waals surface area contributed by atoms with Crippen LogP contribution < -0.4 is 5.32 Å². The first-order valence-electron chi connectivity index (χ1n) is 9.89. The smallest absolute Gasteiger partial charge is 0.225 e. The lowest BCUT2D eigenvalue weighted by atomic mass is 9.85. The van der Waals surface area contributed by atoms with E-state index in [-0.39, 0.29) is 6.61 Å². The van der Waals surface area contributed by atoms with Gasteiger partial charge >= 0.3 is 0 Å².